The average Bonchev–Trinajstić information content (AvgIpc) is 2.17. The Kier molecular flexibility index (Phi) is 7.07. The molecule has 0 bridgehead atoms. The monoisotopic (exact) mass is 247 g/mol. The van der Waals surface area contributed by atoms with E-state index < -0.39 is 11.5 Å². The smallest absolute Gasteiger partial charge is 0.323 e. The Balaban J connectivity index is 4.34. The minimum atomic E-state index is -0.797. The van der Waals surface area contributed by atoms with Gasteiger partial charge in [0.1, 0.15) is 5.54 Å². The third-order valence-electron chi connectivity index (χ3n) is 2.77. The van der Waals surface area contributed by atoms with Crippen LogP contribution in [0.25, 0.3) is 0 Å². The van der Waals surface area contributed by atoms with Crippen molar-refractivity contribution in [1.82, 2.24) is 5.32 Å². The summed E-state index contributed by atoms with van der Waals surface area (Å²) in [6.45, 7) is 10.8. The first-order valence-electron chi connectivity index (χ1n) is 5.99. The van der Waals surface area contributed by atoms with Gasteiger partial charge in [0.15, 0.2) is 0 Å². The van der Waals surface area contributed by atoms with Gasteiger partial charge in [-0.25, -0.2) is 0 Å². The molecule has 0 aromatic rings. The van der Waals surface area contributed by atoms with Gasteiger partial charge in [-0.2, -0.15) is 11.8 Å². The number of rotatable bonds is 8. The standard InChI is InChI=1S/C12H25NO2S/c1-6-9(3)16-10(4)8-12(5,11(14)15)13-7-2/h9-10,13H,6-8H2,1-5H3,(H,14,15). The topological polar surface area (TPSA) is 49.3 Å². The van der Waals surface area contributed by atoms with E-state index >= 15 is 0 Å². The van der Waals surface area contributed by atoms with Crippen molar-refractivity contribution in [3.05, 3.63) is 0 Å². The average molecular weight is 247 g/mol. The lowest BCUT2D eigenvalue weighted by Crippen LogP contribution is -2.50. The van der Waals surface area contributed by atoms with Crippen LogP contribution >= 0.6 is 11.8 Å². The number of carbonyl (C=O) groups is 1. The van der Waals surface area contributed by atoms with Crippen LogP contribution in [0.4, 0.5) is 0 Å². The van der Waals surface area contributed by atoms with Crippen LogP contribution in [0.15, 0.2) is 0 Å². The third-order valence-corrected chi connectivity index (χ3v) is 4.20. The van der Waals surface area contributed by atoms with E-state index in [1.165, 1.54) is 0 Å². The Morgan fingerprint density at radius 2 is 1.94 bits per heavy atom. The lowest BCUT2D eigenvalue weighted by Gasteiger charge is -2.29. The molecule has 4 heteroatoms. The molecular formula is C12H25NO2S. The van der Waals surface area contributed by atoms with Crippen molar-refractivity contribution >= 4 is 17.7 Å². The number of hydrogen-bond acceptors (Lipinski definition) is 3. The molecule has 0 aliphatic heterocycles. The number of aliphatic carboxylic acids is 1. The molecule has 0 saturated heterocycles. The highest BCUT2D eigenvalue weighted by molar-refractivity contribution is 8.00. The quantitative estimate of drug-likeness (QED) is 0.692. The molecule has 0 fully saturated rings. The van der Waals surface area contributed by atoms with Gasteiger partial charge in [0.25, 0.3) is 0 Å². The van der Waals surface area contributed by atoms with Gasteiger partial charge in [-0.3, -0.25) is 4.79 Å². The Morgan fingerprint density at radius 1 is 1.38 bits per heavy atom. The summed E-state index contributed by atoms with van der Waals surface area (Å²) >= 11 is 1.87. The molecule has 0 heterocycles. The van der Waals surface area contributed by atoms with Gasteiger partial charge < -0.3 is 10.4 Å². The summed E-state index contributed by atoms with van der Waals surface area (Å²) in [5, 5.41) is 13.2. The largest absolute Gasteiger partial charge is 0.480 e. The minimum absolute atomic E-state index is 0.357. The normalized spacial score (nSPS) is 18.8. The number of nitrogens with one attached hydrogen (secondary N) is 1. The predicted octanol–water partition coefficient (Wildman–Crippen LogP) is 2.75. The van der Waals surface area contributed by atoms with Crippen molar-refractivity contribution in [3.8, 4) is 0 Å². The van der Waals surface area contributed by atoms with E-state index in [1.54, 1.807) is 6.92 Å². The molecule has 0 aliphatic rings. The van der Waals surface area contributed by atoms with Crippen molar-refractivity contribution in [1.29, 1.82) is 0 Å². The zero-order valence-corrected chi connectivity index (χ0v) is 11.9. The number of carboxylic acids is 1. The second-order valence-corrected chi connectivity index (χ2v) is 6.42. The summed E-state index contributed by atoms with van der Waals surface area (Å²) in [7, 11) is 0. The number of thioether (sulfide) groups is 1. The summed E-state index contributed by atoms with van der Waals surface area (Å²) in [5.74, 6) is -0.758. The molecule has 0 rings (SSSR count). The summed E-state index contributed by atoms with van der Waals surface area (Å²) in [5.41, 5.74) is -0.797. The Hall–Kier alpha value is -0.220. The van der Waals surface area contributed by atoms with Gasteiger partial charge in [-0.05, 0) is 26.3 Å². The summed E-state index contributed by atoms with van der Waals surface area (Å²) in [6.07, 6.45) is 1.78. The molecule has 0 aromatic carbocycles. The maximum Gasteiger partial charge on any atom is 0.323 e. The van der Waals surface area contributed by atoms with Gasteiger partial charge in [0, 0.05) is 10.5 Å². The molecule has 96 valence electrons. The molecule has 3 unspecified atom stereocenters. The number of hydrogen-bond donors (Lipinski definition) is 2. The van der Waals surface area contributed by atoms with Crippen LogP contribution in [0.5, 0.6) is 0 Å². The maximum absolute atomic E-state index is 11.2. The van der Waals surface area contributed by atoms with Gasteiger partial charge >= 0.3 is 5.97 Å². The van der Waals surface area contributed by atoms with Crippen molar-refractivity contribution in [2.24, 2.45) is 0 Å². The van der Waals surface area contributed by atoms with Crippen LogP contribution in [0.2, 0.25) is 0 Å². The highest BCUT2D eigenvalue weighted by atomic mass is 32.2. The van der Waals surface area contributed by atoms with Crippen LogP contribution in [0.3, 0.4) is 0 Å². The molecule has 0 amide bonds. The SMILES string of the molecule is CCNC(C)(CC(C)SC(C)CC)C(=O)O. The zero-order chi connectivity index (χ0) is 12.8. The summed E-state index contributed by atoms with van der Waals surface area (Å²) in [4.78, 5) is 11.2. The van der Waals surface area contributed by atoms with Gasteiger partial charge in [-0.15, -0.1) is 0 Å². The fourth-order valence-corrected chi connectivity index (χ4v) is 3.16. The van der Waals surface area contributed by atoms with Crippen molar-refractivity contribution < 1.29 is 9.90 Å². The second kappa shape index (κ2) is 7.17. The van der Waals surface area contributed by atoms with E-state index in [2.05, 4.69) is 26.1 Å². The highest BCUT2D eigenvalue weighted by Gasteiger charge is 2.33. The van der Waals surface area contributed by atoms with Crippen molar-refractivity contribution in [2.45, 2.75) is 63.5 Å². The molecule has 3 nitrogen and oxygen atoms in total. The molecule has 16 heavy (non-hydrogen) atoms. The van der Waals surface area contributed by atoms with Crippen LogP contribution in [0, 0.1) is 0 Å². The lowest BCUT2D eigenvalue weighted by atomic mass is 9.96. The first kappa shape index (κ1) is 15.8. The summed E-state index contributed by atoms with van der Waals surface area (Å²) in [6, 6.07) is 0. The molecule has 3 atom stereocenters. The third kappa shape index (κ3) is 5.21. The fourth-order valence-electron chi connectivity index (χ4n) is 1.74. The molecule has 0 aliphatic carbocycles. The van der Waals surface area contributed by atoms with E-state index in [0.29, 0.717) is 23.5 Å². The molecule has 0 radical (unpaired) electrons. The van der Waals surface area contributed by atoms with Crippen LogP contribution in [0.1, 0.15) is 47.5 Å². The van der Waals surface area contributed by atoms with E-state index in [0.717, 1.165) is 6.42 Å². The molecular weight excluding hydrogens is 222 g/mol. The van der Waals surface area contributed by atoms with Crippen LogP contribution in [-0.2, 0) is 4.79 Å². The van der Waals surface area contributed by atoms with E-state index in [9.17, 15) is 9.90 Å². The van der Waals surface area contributed by atoms with Crippen LogP contribution in [-0.4, -0.2) is 33.7 Å². The fraction of sp³-hybridized carbons (Fsp3) is 0.917. The van der Waals surface area contributed by atoms with E-state index in [1.807, 2.05) is 18.7 Å². The highest BCUT2D eigenvalue weighted by Crippen LogP contribution is 2.26. The Bertz CT molecular complexity index is 223. The van der Waals surface area contributed by atoms with Gasteiger partial charge in [0.2, 0.25) is 0 Å². The predicted molar refractivity (Wildman–Crippen MR) is 71.1 cm³/mol. The molecule has 0 aromatic heterocycles. The van der Waals surface area contributed by atoms with Gasteiger partial charge in [-0.1, -0.05) is 27.7 Å². The van der Waals surface area contributed by atoms with Crippen LogP contribution < -0.4 is 5.32 Å². The van der Waals surface area contributed by atoms with Gasteiger partial charge in [0.05, 0.1) is 0 Å². The number of likely N-dealkylation sites (N-methyl/N-ethyl adjacent to an activating group) is 1. The Labute approximate surface area is 103 Å². The molecule has 0 spiro atoms. The second-order valence-electron chi connectivity index (χ2n) is 4.54. The van der Waals surface area contributed by atoms with E-state index in [-0.39, 0.29) is 0 Å². The zero-order valence-electron chi connectivity index (χ0n) is 11.0. The molecule has 0 saturated carbocycles. The van der Waals surface area contributed by atoms with Crippen molar-refractivity contribution in [3.63, 3.8) is 0 Å². The van der Waals surface area contributed by atoms with E-state index in [4.69, 9.17) is 0 Å². The molecule has 2 N–H and O–H groups in total. The minimum Gasteiger partial charge on any atom is -0.480 e. The number of carboxylic acid groups (broad SMARTS) is 1. The Morgan fingerprint density at radius 3 is 2.31 bits per heavy atom. The lowest BCUT2D eigenvalue weighted by molar-refractivity contribution is -0.144. The van der Waals surface area contributed by atoms with Crippen molar-refractivity contribution in [2.75, 3.05) is 6.54 Å². The maximum atomic E-state index is 11.2. The first-order valence-corrected chi connectivity index (χ1v) is 6.93. The first-order chi connectivity index (χ1) is 7.35. The summed E-state index contributed by atoms with van der Waals surface area (Å²) < 4.78 is 0.